The van der Waals surface area contributed by atoms with Gasteiger partial charge in [0.1, 0.15) is 0 Å². The molecule has 0 saturated carbocycles. The number of hydrogen-bond donors (Lipinski definition) is 2. The van der Waals surface area contributed by atoms with Crippen LogP contribution in [0.15, 0.2) is 11.0 Å². The van der Waals surface area contributed by atoms with E-state index >= 15 is 0 Å². The Labute approximate surface area is 111 Å². The third kappa shape index (κ3) is 2.76. The smallest absolute Gasteiger partial charge is 0.347 e. The normalized spacial score (nSPS) is 12.0. The fraction of sp³-hybridized carbons (Fsp3) is 0.583. The van der Waals surface area contributed by atoms with Gasteiger partial charge in [-0.1, -0.05) is 20.8 Å². The quantitative estimate of drug-likeness (QED) is 0.798. The number of hydrogen-bond acceptors (Lipinski definition) is 5. The van der Waals surface area contributed by atoms with Crippen molar-refractivity contribution in [1.29, 1.82) is 0 Å². The van der Waals surface area contributed by atoms with E-state index in [-0.39, 0.29) is 11.1 Å². The maximum absolute atomic E-state index is 11.7. The molecule has 19 heavy (non-hydrogen) atoms. The lowest BCUT2D eigenvalue weighted by Gasteiger charge is -2.19. The van der Waals surface area contributed by atoms with Gasteiger partial charge >= 0.3 is 5.69 Å². The molecule has 0 aliphatic rings. The van der Waals surface area contributed by atoms with Crippen LogP contribution < -0.4 is 11.0 Å². The number of ether oxygens (including phenoxy) is 1. The lowest BCUT2D eigenvalue weighted by atomic mass is 9.93. The van der Waals surface area contributed by atoms with Crippen molar-refractivity contribution in [2.24, 2.45) is 0 Å². The number of nitrogens with zero attached hydrogens (tertiary/aromatic N) is 3. The van der Waals surface area contributed by atoms with Gasteiger partial charge in [0.25, 0.3) is 0 Å². The molecule has 0 saturated heterocycles. The molecule has 0 amide bonds. The Morgan fingerprint density at radius 2 is 2.21 bits per heavy atom. The van der Waals surface area contributed by atoms with Crippen molar-refractivity contribution in [2.45, 2.75) is 26.2 Å². The van der Waals surface area contributed by atoms with Crippen LogP contribution in [0.4, 0.5) is 5.82 Å². The monoisotopic (exact) mass is 265 g/mol. The second kappa shape index (κ2) is 5.00. The van der Waals surface area contributed by atoms with Gasteiger partial charge in [-0.25, -0.2) is 19.3 Å². The van der Waals surface area contributed by atoms with Crippen LogP contribution >= 0.6 is 0 Å². The Morgan fingerprint density at radius 3 is 2.84 bits per heavy atom. The van der Waals surface area contributed by atoms with Crippen LogP contribution in [0.25, 0.3) is 5.65 Å². The van der Waals surface area contributed by atoms with Crippen molar-refractivity contribution in [3.05, 3.63) is 22.4 Å². The number of anilines is 1. The van der Waals surface area contributed by atoms with Gasteiger partial charge < -0.3 is 10.1 Å². The van der Waals surface area contributed by atoms with E-state index in [2.05, 4.69) is 20.5 Å². The predicted octanol–water partition coefficient (Wildman–Crippen LogP) is 0.773. The zero-order valence-corrected chi connectivity index (χ0v) is 11.6. The average Bonchev–Trinajstić information content (AvgIpc) is 2.71. The SMILES string of the molecule is COCCNc1nc(C(C)(C)C)cn2c(=O)[nH]nc12. The topological polar surface area (TPSA) is 84.3 Å². The highest BCUT2D eigenvalue weighted by Crippen LogP contribution is 2.22. The first-order valence-electron chi connectivity index (χ1n) is 6.14. The van der Waals surface area contributed by atoms with E-state index in [1.54, 1.807) is 13.3 Å². The molecule has 2 heterocycles. The van der Waals surface area contributed by atoms with Gasteiger partial charge in [0.05, 0.1) is 12.3 Å². The maximum atomic E-state index is 11.7. The largest absolute Gasteiger partial charge is 0.383 e. The van der Waals surface area contributed by atoms with Gasteiger partial charge in [0.15, 0.2) is 5.82 Å². The minimum Gasteiger partial charge on any atom is -0.383 e. The van der Waals surface area contributed by atoms with Crippen LogP contribution in [0.5, 0.6) is 0 Å². The highest BCUT2D eigenvalue weighted by Gasteiger charge is 2.19. The van der Waals surface area contributed by atoms with Crippen LogP contribution in [0.2, 0.25) is 0 Å². The molecule has 0 atom stereocenters. The minimum atomic E-state index is -0.266. The summed E-state index contributed by atoms with van der Waals surface area (Å²) < 4.78 is 6.47. The molecule has 7 nitrogen and oxygen atoms in total. The zero-order chi connectivity index (χ0) is 14.0. The Hall–Kier alpha value is -1.89. The van der Waals surface area contributed by atoms with E-state index in [1.807, 2.05) is 20.8 Å². The molecule has 0 radical (unpaired) electrons. The summed E-state index contributed by atoms with van der Waals surface area (Å²) in [5.74, 6) is 0.586. The van der Waals surface area contributed by atoms with E-state index in [0.717, 1.165) is 5.69 Å². The van der Waals surface area contributed by atoms with E-state index in [4.69, 9.17) is 4.74 Å². The lowest BCUT2D eigenvalue weighted by Crippen LogP contribution is -2.20. The number of aromatic amines is 1. The summed E-state index contributed by atoms with van der Waals surface area (Å²) in [6.45, 7) is 7.30. The van der Waals surface area contributed by atoms with Crippen LogP contribution in [-0.4, -0.2) is 39.8 Å². The highest BCUT2D eigenvalue weighted by atomic mass is 16.5. The molecule has 2 aromatic rings. The molecule has 0 aromatic carbocycles. The number of nitrogens with one attached hydrogen (secondary N) is 2. The van der Waals surface area contributed by atoms with Gasteiger partial charge in [-0.3, -0.25) is 0 Å². The fourth-order valence-corrected chi connectivity index (χ4v) is 1.66. The molecule has 2 rings (SSSR count). The van der Waals surface area contributed by atoms with Crippen LogP contribution in [0.1, 0.15) is 26.5 Å². The number of H-pyrrole nitrogens is 1. The van der Waals surface area contributed by atoms with Gasteiger partial charge in [0, 0.05) is 25.3 Å². The molecule has 0 aliphatic carbocycles. The summed E-state index contributed by atoms with van der Waals surface area (Å²) in [4.78, 5) is 16.3. The summed E-state index contributed by atoms with van der Waals surface area (Å²) in [7, 11) is 1.63. The molecule has 2 N–H and O–H groups in total. The summed E-state index contributed by atoms with van der Waals surface area (Å²) in [6.07, 6.45) is 1.72. The number of aromatic nitrogens is 4. The fourth-order valence-electron chi connectivity index (χ4n) is 1.66. The summed E-state index contributed by atoms with van der Waals surface area (Å²) in [5.41, 5.74) is 0.901. The second-order valence-corrected chi connectivity index (χ2v) is 5.37. The van der Waals surface area contributed by atoms with E-state index < -0.39 is 0 Å². The van der Waals surface area contributed by atoms with E-state index in [0.29, 0.717) is 24.6 Å². The van der Waals surface area contributed by atoms with Crippen molar-refractivity contribution >= 4 is 11.5 Å². The van der Waals surface area contributed by atoms with Crippen LogP contribution in [0.3, 0.4) is 0 Å². The Kier molecular flexibility index (Phi) is 3.57. The van der Waals surface area contributed by atoms with Gasteiger partial charge in [-0.2, -0.15) is 0 Å². The molecule has 0 spiro atoms. The molecule has 7 heteroatoms. The molecule has 0 aliphatic heterocycles. The number of fused-ring (bicyclic) bond motifs is 1. The highest BCUT2D eigenvalue weighted by molar-refractivity contribution is 5.62. The van der Waals surface area contributed by atoms with Gasteiger partial charge in [-0.05, 0) is 0 Å². The van der Waals surface area contributed by atoms with Gasteiger partial charge in [-0.15, -0.1) is 5.10 Å². The lowest BCUT2D eigenvalue weighted by molar-refractivity contribution is 0.210. The maximum Gasteiger partial charge on any atom is 0.347 e. The Balaban J connectivity index is 2.50. The minimum absolute atomic E-state index is 0.150. The van der Waals surface area contributed by atoms with Crippen LogP contribution in [0, 0.1) is 0 Å². The van der Waals surface area contributed by atoms with Gasteiger partial charge in [0.2, 0.25) is 5.65 Å². The molecular weight excluding hydrogens is 246 g/mol. The molecular formula is C12H19N5O2. The first-order chi connectivity index (χ1) is 8.93. The Bertz CT molecular complexity index is 623. The third-order valence-corrected chi connectivity index (χ3v) is 2.77. The third-order valence-electron chi connectivity index (χ3n) is 2.77. The number of rotatable bonds is 4. The average molecular weight is 265 g/mol. The summed E-state index contributed by atoms with van der Waals surface area (Å²) in [6, 6.07) is 0. The summed E-state index contributed by atoms with van der Waals surface area (Å²) >= 11 is 0. The van der Waals surface area contributed by atoms with Crippen molar-refractivity contribution in [3.8, 4) is 0 Å². The molecule has 0 unspecified atom stereocenters. The van der Waals surface area contributed by atoms with E-state index in [1.165, 1.54) is 4.40 Å². The van der Waals surface area contributed by atoms with Crippen molar-refractivity contribution in [2.75, 3.05) is 25.6 Å². The first kappa shape index (κ1) is 13.5. The molecule has 104 valence electrons. The van der Waals surface area contributed by atoms with Crippen molar-refractivity contribution < 1.29 is 4.74 Å². The van der Waals surface area contributed by atoms with E-state index in [9.17, 15) is 4.79 Å². The van der Waals surface area contributed by atoms with Crippen molar-refractivity contribution in [1.82, 2.24) is 19.6 Å². The standard InChI is InChI=1S/C12H19N5O2/c1-12(2,3)8-7-17-10(15-16-11(17)18)9(14-8)13-5-6-19-4/h7H,5-6H2,1-4H3,(H,13,14)(H,16,18). The molecule has 0 bridgehead atoms. The second-order valence-electron chi connectivity index (χ2n) is 5.37. The first-order valence-corrected chi connectivity index (χ1v) is 6.14. The Morgan fingerprint density at radius 1 is 1.47 bits per heavy atom. The summed E-state index contributed by atoms with van der Waals surface area (Å²) in [5, 5.41) is 9.55. The van der Waals surface area contributed by atoms with Crippen molar-refractivity contribution in [3.63, 3.8) is 0 Å². The molecule has 0 fully saturated rings. The predicted molar refractivity (Wildman–Crippen MR) is 72.7 cm³/mol. The zero-order valence-electron chi connectivity index (χ0n) is 11.6. The molecule has 2 aromatic heterocycles. The van der Waals surface area contributed by atoms with Crippen LogP contribution in [-0.2, 0) is 10.2 Å². The number of methoxy groups -OCH3 is 1.